The summed E-state index contributed by atoms with van der Waals surface area (Å²) in [6.45, 7) is 7.10. The summed E-state index contributed by atoms with van der Waals surface area (Å²) in [6.07, 6.45) is 5.43. The first-order chi connectivity index (χ1) is 10.7. The average molecular weight is 302 g/mol. The first-order valence-electron chi connectivity index (χ1n) is 8.38. The maximum atomic E-state index is 6.17. The smallest absolute Gasteiger partial charge is 0.184 e. The topological polar surface area (TPSA) is 27.7 Å². The van der Waals surface area contributed by atoms with Crippen molar-refractivity contribution in [1.29, 1.82) is 0 Å². The Bertz CT molecular complexity index is 485. The predicted octanol–water partition coefficient (Wildman–Crippen LogP) is 4.39. The number of hydrogen-bond acceptors (Lipinski definition) is 3. The van der Waals surface area contributed by atoms with Crippen LogP contribution in [-0.4, -0.2) is 24.9 Å². The molecule has 120 valence electrons. The summed E-state index contributed by atoms with van der Waals surface area (Å²) in [6, 6.07) is 10.2. The number of ether oxygens (including phenoxy) is 3. The largest absolute Gasteiger partial charge is 0.374 e. The van der Waals surface area contributed by atoms with Crippen LogP contribution < -0.4 is 0 Å². The molecule has 0 N–H and O–H groups in total. The minimum absolute atomic E-state index is 0.201. The maximum Gasteiger partial charge on any atom is 0.184 e. The molecule has 1 aromatic rings. The summed E-state index contributed by atoms with van der Waals surface area (Å²) < 4.78 is 18.1. The monoisotopic (exact) mass is 302 g/mol. The number of rotatable bonds is 4. The Labute approximate surface area is 133 Å². The lowest BCUT2D eigenvalue weighted by Crippen LogP contribution is -2.35. The fourth-order valence-electron chi connectivity index (χ4n) is 3.32. The molecule has 0 radical (unpaired) electrons. The van der Waals surface area contributed by atoms with Crippen LogP contribution in [0, 0.1) is 0 Å². The Morgan fingerprint density at radius 2 is 1.82 bits per heavy atom. The Balaban J connectivity index is 1.57. The van der Waals surface area contributed by atoms with Gasteiger partial charge in [0.2, 0.25) is 0 Å². The van der Waals surface area contributed by atoms with Gasteiger partial charge < -0.3 is 14.2 Å². The van der Waals surface area contributed by atoms with Gasteiger partial charge in [0.25, 0.3) is 0 Å². The van der Waals surface area contributed by atoms with Crippen LogP contribution in [0.2, 0.25) is 0 Å². The van der Waals surface area contributed by atoms with Crippen LogP contribution in [0.4, 0.5) is 0 Å². The first kappa shape index (κ1) is 15.7. The second kappa shape index (κ2) is 7.40. The van der Waals surface area contributed by atoms with Crippen LogP contribution in [0.15, 0.2) is 42.5 Å². The number of hydrogen-bond donors (Lipinski definition) is 0. The van der Waals surface area contributed by atoms with E-state index in [0.29, 0.717) is 6.10 Å². The molecule has 3 nitrogen and oxygen atoms in total. The fraction of sp³-hybridized carbons (Fsp3) is 0.579. The Morgan fingerprint density at radius 3 is 2.59 bits per heavy atom. The van der Waals surface area contributed by atoms with Gasteiger partial charge in [-0.25, -0.2) is 0 Å². The van der Waals surface area contributed by atoms with Crippen molar-refractivity contribution in [1.82, 2.24) is 0 Å². The third-order valence-electron chi connectivity index (χ3n) is 4.50. The highest BCUT2D eigenvalue weighted by atomic mass is 16.7. The first-order valence-corrected chi connectivity index (χ1v) is 8.38. The van der Waals surface area contributed by atoms with E-state index in [-0.39, 0.29) is 18.5 Å². The van der Waals surface area contributed by atoms with E-state index >= 15 is 0 Å². The molecule has 0 bridgehead atoms. The van der Waals surface area contributed by atoms with Crippen LogP contribution in [-0.2, 0) is 14.2 Å². The lowest BCUT2D eigenvalue weighted by molar-refractivity contribution is -0.225. The van der Waals surface area contributed by atoms with E-state index in [0.717, 1.165) is 44.3 Å². The minimum atomic E-state index is -0.242. The summed E-state index contributed by atoms with van der Waals surface area (Å²) in [4.78, 5) is 0. The van der Waals surface area contributed by atoms with Gasteiger partial charge in [-0.3, -0.25) is 0 Å². The van der Waals surface area contributed by atoms with Gasteiger partial charge in [0, 0.05) is 12.0 Å². The highest BCUT2D eigenvalue weighted by molar-refractivity contribution is 5.16. The molecule has 2 saturated heterocycles. The average Bonchev–Trinajstić information content (AvgIpc) is 2.55. The van der Waals surface area contributed by atoms with E-state index in [1.165, 1.54) is 5.57 Å². The van der Waals surface area contributed by atoms with Gasteiger partial charge in [-0.1, -0.05) is 49.4 Å². The Morgan fingerprint density at radius 1 is 1.05 bits per heavy atom. The zero-order chi connectivity index (χ0) is 15.4. The molecular formula is C19H26O3. The summed E-state index contributed by atoms with van der Waals surface area (Å²) in [7, 11) is 0. The Hall–Kier alpha value is -1.16. The molecule has 1 aromatic carbocycles. The van der Waals surface area contributed by atoms with Crippen molar-refractivity contribution in [2.45, 2.75) is 63.6 Å². The molecule has 4 atom stereocenters. The summed E-state index contributed by atoms with van der Waals surface area (Å²) in [5.74, 6) is 0. The quantitative estimate of drug-likeness (QED) is 0.772. The molecule has 2 aliphatic heterocycles. The molecule has 0 spiro atoms. The van der Waals surface area contributed by atoms with E-state index in [4.69, 9.17) is 14.2 Å². The molecule has 2 heterocycles. The predicted molar refractivity (Wildman–Crippen MR) is 86.6 cm³/mol. The molecule has 0 unspecified atom stereocenters. The van der Waals surface area contributed by atoms with E-state index < -0.39 is 0 Å². The third-order valence-corrected chi connectivity index (χ3v) is 4.50. The van der Waals surface area contributed by atoms with Crippen LogP contribution >= 0.6 is 0 Å². The molecule has 3 rings (SSSR count). The van der Waals surface area contributed by atoms with E-state index in [2.05, 4.69) is 25.6 Å². The highest BCUT2D eigenvalue weighted by Crippen LogP contribution is 2.32. The zero-order valence-corrected chi connectivity index (χ0v) is 13.4. The van der Waals surface area contributed by atoms with E-state index in [1.54, 1.807) is 0 Å². The van der Waals surface area contributed by atoms with Crippen LogP contribution in [0.5, 0.6) is 0 Å². The molecule has 0 aliphatic carbocycles. The minimum Gasteiger partial charge on any atom is -0.374 e. The molecular weight excluding hydrogens is 276 g/mol. The van der Waals surface area contributed by atoms with Crippen LogP contribution in [0.3, 0.4) is 0 Å². The van der Waals surface area contributed by atoms with Gasteiger partial charge in [-0.2, -0.15) is 0 Å². The second-order valence-electron chi connectivity index (χ2n) is 6.34. The van der Waals surface area contributed by atoms with Crippen molar-refractivity contribution in [3.63, 3.8) is 0 Å². The second-order valence-corrected chi connectivity index (χ2v) is 6.34. The molecule has 22 heavy (non-hydrogen) atoms. The lowest BCUT2D eigenvalue weighted by atomic mass is 9.94. The summed E-state index contributed by atoms with van der Waals surface area (Å²) in [5.41, 5.74) is 2.40. The van der Waals surface area contributed by atoms with E-state index in [9.17, 15) is 0 Å². The van der Waals surface area contributed by atoms with Gasteiger partial charge in [0.1, 0.15) is 0 Å². The van der Waals surface area contributed by atoms with Gasteiger partial charge in [-0.15, -0.1) is 0 Å². The molecule has 2 fully saturated rings. The normalized spacial score (nSPS) is 32.9. The third kappa shape index (κ3) is 3.97. The highest BCUT2D eigenvalue weighted by Gasteiger charge is 2.30. The summed E-state index contributed by atoms with van der Waals surface area (Å²) in [5, 5.41) is 0. The maximum absolute atomic E-state index is 6.17. The van der Waals surface area contributed by atoms with Crippen molar-refractivity contribution in [3.8, 4) is 0 Å². The SMILES string of the molecule is C=C1C[C@H](C[C@@H]2CCO[C@H](c3ccccc3)O2)O[C@@H](CC)C1. The van der Waals surface area contributed by atoms with Crippen molar-refractivity contribution in [2.75, 3.05) is 6.61 Å². The molecule has 0 saturated carbocycles. The fourth-order valence-corrected chi connectivity index (χ4v) is 3.32. The Kier molecular flexibility index (Phi) is 5.29. The standard InChI is InChI=1S/C19H26O3/c1-3-16-11-14(2)12-18(21-16)13-17-9-10-20-19(22-17)15-7-5-4-6-8-15/h4-8,16-19H,2-3,9-13H2,1H3/t16-,17-,18+,19-/m0/s1. The van der Waals surface area contributed by atoms with Gasteiger partial charge in [-0.05, 0) is 25.7 Å². The van der Waals surface area contributed by atoms with Crippen molar-refractivity contribution in [3.05, 3.63) is 48.0 Å². The van der Waals surface area contributed by atoms with Gasteiger partial charge >= 0.3 is 0 Å². The van der Waals surface area contributed by atoms with Crippen molar-refractivity contribution >= 4 is 0 Å². The molecule has 0 amide bonds. The van der Waals surface area contributed by atoms with Crippen molar-refractivity contribution < 1.29 is 14.2 Å². The molecule has 2 aliphatic rings. The van der Waals surface area contributed by atoms with Crippen LogP contribution in [0.25, 0.3) is 0 Å². The van der Waals surface area contributed by atoms with Gasteiger partial charge in [0.15, 0.2) is 6.29 Å². The summed E-state index contributed by atoms with van der Waals surface area (Å²) >= 11 is 0. The zero-order valence-electron chi connectivity index (χ0n) is 13.4. The van der Waals surface area contributed by atoms with Crippen LogP contribution in [0.1, 0.15) is 50.9 Å². The van der Waals surface area contributed by atoms with Crippen molar-refractivity contribution in [2.24, 2.45) is 0 Å². The number of benzene rings is 1. The molecule has 0 aromatic heterocycles. The van der Waals surface area contributed by atoms with Gasteiger partial charge in [0.05, 0.1) is 24.9 Å². The molecule has 3 heteroatoms. The van der Waals surface area contributed by atoms with E-state index in [1.807, 2.05) is 18.2 Å². The lowest BCUT2D eigenvalue weighted by Gasteiger charge is -2.36.